The summed E-state index contributed by atoms with van der Waals surface area (Å²) in [7, 11) is 0. The Morgan fingerprint density at radius 2 is 1.67 bits per heavy atom. The van der Waals surface area contributed by atoms with Crippen molar-refractivity contribution < 1.29 is 22.7 Å². The van der Waals surface area contributed by atoms with Gasteiger partial charge in [-0.1, -0.05) is 42.5 Å². The molecule has 0 amide bonds. The second kappa shape index (κ2) is 7.76. The van der Waals surface area contributed by atoms with Crippen LogP contribution in [-0.2, 0) is 12.8 Å². The smallest absolute Gasteiger partial charge is 0.392 e. The minimum Gasteiger partial charge on any atom is -0.392 e. The Bertz CT molecular complexity index is 1220. The lowest BCUT2D eigenvalue weighted by atomic mass is 9.99. The van der Waals surface area contributed by atoms with Crippen molar-refractivity contribution in [3.05, 3.63) is 89.0 Å². The molecule has 1 aromatic heterocycles. The number of alkyl halides is 3. The third kappa shape index (κ3) is 3.97. The maximum atomic E-state index is 14.7. The van der Waals surface area contributed by atoms with Crippen LogP contribution in [0.2, 0.25) is 0 Å². The normalized spacial score (nSPS) is 12.2. The molecule has 0 radical (unpaired) electrons. The van der Waals surface area contributed by atoms with Gasteiger partial charge < -0.3 is 10.1 Å². The van der Waals surface area contributed by atoms with Gasteiger partial charge in [0.1, 0.15) is 11.6 Å². The number of nitrogens with one attached hydrogen (secondary N) is 1. The molecular formula is C23H16F4N2O. The summed E-state index contributed by atoms with van der Waals surface area (Å²) in [6, 6.07) is 14.7. The number of halogens is 4. The number of aromatic amines is 1. The minimum absolute atomic E-state index is 0.213. The Balaban J connectivity index is 1.65. The lowest BCUT2D eigenvalue weighted by molar-refractivity contribution is -0.137. The van der Waals surface area contributed by atoms with E-state index < -0.39 is 17.6 Å². The molecule has 0 saturated carbocycles. The van der Waals surface area contributed by atoms with E-state index in [2.05, 4.69) is 9.97 Å². The van der Waals surface area contributed by atoms with E-state index in [0.717, 1.165) is 12.1 Å². The molecule has 0 unspecified atom stereocenters. The largest absolute Gasteiger partial charge is 0.416 e. The van der Waals surface area contributed by atoms with Crippen LogP contribution in [-0.4, -0.2) is 15.1 Å². The van der Waals surface area contributed by atoms with Gasteiger partial charge in [-0.3, -0.25) is 0 Å². The molecule has 0 spiro atoms. The third-order valence-corrected chi connectivity index (χ3v) is 4.74. The first-order chi connectivity index (χ1) is 14.3. The van der Waals surface area contributed by atoms with Gasteiger partial charge in [-0.15, -0.1) is 0 Å². The summed E-state index contributed by atoms with van der Waals surface area (Å²) in [6.07, 6.45) is -1.14. The minimum atomic E-state index is -4.38. The summed E-state index contributed by atoms with van der Waals surface area (Å²) in [5, 5.41) is 9.51. The van der Waals surface area contributed by atoms with Crippen LogP contribution in [0.4, 0.5) is 17.6 Å². The first kappa shape index (κ1) is 19.8. The number of nitrogens with zero attached hydrogens (tertiary/aromatic N) is 1. The average Bonchev–Trinajstić information content (AvgIpc) is 3.13. The molecule has 0 bridgehead atoms. The molecule has 2 N–H and O–H groups in total. The van der Waals surface area contributed by atoms with Crippen LogP contribution in [0.25, 0.3) is 34.3 Å². The highest BCUT2D eigenvalue weighted by molar-refractivity contribution is 5.85. The number of aliphatic hydroxyl groups excluding tert-OH is 1. The summed E-state index contributed by atoms with van der Waals surface area (Å²) in [6.45, 7) is -0.213. The summed E-state index contributed by atoms with van der Waals surface area (Å²) < 4.78 is 52.6. The first-order valence-electron chi connectivity index (χ1n) is 9.09. The van der Waals surface area contributed by atoms with E-state index in [0.29, 0.717) is 39.1 Å². The highest BCUT2D eigenvalue weighted by atomic mass is 19.4. The van der Waals surface area contributed by atoms with E-state index >= 15 is 0 Å². The number of imidazole rings is 1. The number of fused-ring (bicyclic) bond motifs is 1. The van der Waals surface area contributed by atoms with Gasteiger partial charge in [-0.2, -0.15) is 13.2 Å². The van der Waals surface area contributed by atoms with Crippen LogP contribution < -0.4 is 0 Å². The highest BCUT2D eigenvalue weighted by Crippen LogP contribution is 2.31. The van der Waals surface area contributed by atoms with Crippen molar-refractivity contribution >= 4 is 23.2 Å². The fraction of sp³-hybridized carbons (Fsp3) is 0.0870. The predicted octanol–water partition coefficient (Wildman–Crippen LogP) is 6.05. The molecule has 1 heterocycles. The molecular weight excluding hydrogens is 396 g/mol. The fourth-order valence-corrected chi connectivity index (χ4v) is 3.21. The van der Waals surface area contributed by atoms with E-state index in [1.165, 1.54) is 18.2 Å². The predicted molar refractivity (Wildman–Crippen MR) is 108 cm³/mol. The molecule has 7 heteroatoms. The lowest BCUT2D eigenvalue weighted by Crippen LogP contribution is -2.03. The number of rotatable bonds is 4. The molecule has 30 heavy (non-hydrogen) atoms. The highest BCUT2D eigenvalue weighted by Gasteiger charge is 2.29. The van der Waals surface area contributed by atoms with Gasteiger partial charge in [0.15, 0.2) is 0 Å². The SMILES string of the molecule is OCc1ccccc1-c1cc2nc(/C=C/c3ccc(C(F)(F)F)cc3)[nH]c2cc1F. The Labute approximate surface area is 169 Å². The zero-order chi connectivity index (χ0) is 21.3. The summed E-state index contributed by atoms with van der Waals surface area (Å²) in [5.41, 5.74) is 2.41. The number of aliphatic hydroxyl groups is 1. The van der Waals surface area contributed by atoms with Crippen LogP contribution in [0.15, 0.2) is 60.7 Å². The van der Waals surface area contributed by atoms with Gasteiger partial charge in [0.25, 0.3) is 0 Å². The number of benzene rings is 3. The second-order valence-corrected chi connectivity index (χ2v) is 6.74. The molecule has 0 aliphatic heterocycles. The van der Waals surface area contributed by atoms with E-state index in [-0.39, 0.29) is 6.61 Å². The van der Waals surface area contributed by atoms with Crippen LogP contribution in [0.3, 0.4) is 0 Å². The molecule has 0 aliphatic rings. The number of hydrogen-bond donors (Lipinski definition) is 2. The van der Waals surface area contributed by atoms with Crippen LogP contribution in [0.1, 0.15) is 22.5 Å². The first-order valence-corrected chi connectivity index (χ1v) is 9.09. The molecule has 0 aliphatic carbocycles. The van der Waals surface area contributed by atoms with Crippen molar-refractivity contribution in [3.8, 4) is 11.1 Å². The van der Waals surface area contributed by atoms with Gasteiger partial charge in [-0.25, -0.2) is 9.37 Å². The van der Waals surface area contributed by atoms with Crippen molar-refractivity contribution in [2.75, 3.05) is 0 Å². The Morgan fingerprint density at radius 3 is 2.37 bits per heavy atom. The van der Waals surface area contributed by atoms with Crippen molar-refractivity contribution in [3.63, 3.8) is 0 Å². The van der Waals surface area contributed by atoms with Crippen LogP contribution >= 0.6 is 0 Å². The lowest BCUT2D eigenvalue weighted by Gasteiger charge is -2.08. The number of aromatic nitrogens is 2. The van der Waals surface area contributed by atoms with Gasteiger partial charge >= 0.3 is 6.18 Å². The number of hydrogen-bond acceptors (Lipinski definition) is 2. The Kier molecular flexibility index (Phi) is 5.13. The van der Waals surface area contributed by atoms with E-state index in [1.807, 2.05) is 0 Å². The average molecular weight is 412 g/mol. The van der Waals surface area contributed by atoms with Crippen LogP contribution in [0, 0.1) is 5.82 Å². The maximum absolute atomic E-state index is 14.7. The zero-order valence-electron chi connectivity index (χ0n) is 15.5. The molecule has 4 aromatic rings. The summed E-state index contributed by atoms with van der Waals surface area (Å²) >= 11 is 0. The fourth-order valence-electron chi connectivity index (χ4n) is 3.21. The Hall–Kier alpha value is -3.45. The zero-order valence-corrected chi connectivity index (χ0v) is 15.5. The van der Waals surface area contributed by atoms with Gasteiger partial charge in [0.05, 0.1) is 23.2 Å². The number of H-pyrrole nitrogens is 1. The summed E-state index contributed by atoms with van der Waals surface area (Å²) in [4.78, 5) is 7.40. The van der Waals surface area contributed by atoms with E-state index in [1.54, 1.807) is 42.5 Å². The summed E-state index contributed by atoms with van der Waals surface area (Å²) in [5.74, 6) is -0.0118. The second-order valence-electron chi connectivity index (χ2n) is 6.74. The van der Waals surface area contributed by atoms with Crippen LogP contribution in [0.5, 0.6) is 0 Å². The third-order valence-electron chi connectivity index (χ3n) is 4.74. The van der Waals surface area contributed by atoms with Crippen molar-refractivity contribution in [2.24, 2.45) is 0 Å². The van der Waals surface area contributed by atoms with E-state index in [9.17, 15) is 22.7 Å². The van der Waals surface area contributed by atoms with Crippen molar-refractivity contribution in [1.82, 2.24) is 9.97 Å². The Morgan fingerprint density at radius 1 is 0.933 bits per heavy atom. The van der Waals surface area contributed by atoms with Gasteiger partial charge in [0.2, 0.25) is 0 Å². The van der Waals surface area contributed by atoms with Crippen molar-refractivity contribution in [2.45, 2.75) is 12.8 Å². The molecule has 0 atom stereocenters. The molecule has 152 valence electrons. The standard InChI is InChI=1S/C23H16F4N2O/c24-19-12-21-20(11-18(19)17-4-2-1-3-15(17)13-30)28-22(29-21)10-7-14-5-8-16(9-6-14)23(25,26)27/h1-12,30H,13H2,(H,28,29)/b10-7+. The topological polar surface area (TPSA) is 48.9 Å². The van der Waals surface area contributed by atoms with E-state index in [4.69, 9.17) is 0 Å². The molecule has 3 aromatic carbocycles. The van der Waals surface area contributed by atoms with Gasteiger partial charge in [0, 0.05) is 11.6 Å². The molecule has 0 saturated heterocycles. The van der Waals surface area contributed by atoms with Crippen molar-refractivity contribution in [1.29, 1.82) is 0 Å². The molecule has 3 nitrogen and oxygen atoms in total. The monoisotopic (exact) mass is 412 g/mol. The quantitative estimate of drug-likeness (QED) is 0.401. The molecule has 4 rings (SSSR count). The molecule has 0 fully saturated rings. The maximum Gasteiger partial charge on any atom is 0.416 e. The van der Waals surface area contributed by atoms with Gasteiger partial charge in [-0.05, 0) is 41.0 Å².